The van der Waals surface area contributed by atoms with Gasteiger partial charge in [-0.1, -0.05) is 51.8 Å². The highest BCUT2D eigenvalue weighted by Crippen LogP contribution is 2.19. The van der Waals surface area contributed by atoms with Gasteiger partial charge in [0, 0.05) is 20.7 Å². The van der Waals surface area contributed by atoms with E-state index in [1.165, 1.54) is 15.7 Å². The first-order valence-electron chi connectivity index (χ1n) is 7.30. The van der Waals surface area contributed by atoms with Crippen molar-refractivity contribution in [3.63, 3.8) is 0 Å². The first kappa shape index (κ1) is 14.9. The molecule has 2 aromatic carbocycles. The molecule has 0 aliphatic carbocycles. The lowest BCUT2D eigenvalue weighted by Crippen LogP contribution is -3.13. The summed E-state index contributed by atoms with van der Waals surface area (Å²) in [4.78, 5) is 4.07. The first-order chi connectivity index (χ1) is 10.2. The molecule has 1 aliphatic heterocycles. The molecule has 3 rings (SSSR count). The Hall–Kier alpha value is -1.03. The van der Waals surface area contributed by atoms with Crippen LogP contribution in [0.15, 0.2) is 53.0 Å². The lowest BCUT2D eigenvalue weighted by Gasteiger charge is -2.33. The van der Waals surface area contributed by atoms with Gasteiger partial charge in [0.1, 0.15) is 6.54 Å². The first-order valence-corrected chi connectivity index (χ1v) is 8.47. The zero-order valence-electron chi connectivity index (χ0n) is 11.9. The Morgan fingerprint density at radius 2 is 1.81 bits per heavy atom. The van der Waals surface area contributed by atoms with Gasteiger partial charge in [-0.05, 0) is 24.3 Å². The standard InChI is InChI=1S/C17H18BrClN2/c18-17-7-2-1-4-14(17)13-20-8-10-21(11-9-20)16-6-3-5-15(19)12-16/h1-7,12H,8-11,13H2/p+1. The molecule has 1 N–H and O–H groups in total. The molecule has 1 aliphatic rings. The summed E-state index contributed by atoms with van der Waals surface area (Å²) >= 11 is 9.72. The van der Waals surface area contributed by atoms with Crippen LogP contribution >= 0.6 is 27.5 Å². The Morgan fingerprint density at radius 3 is 2.52 bits per heavy atom. The fourth-order valence-corrected chi connectivity index (χ4v) is 3.45. The summed E-state index contributed by atoms with van der Waals surface area (Å²) in [6, 6.07) is 16.7. The molecule has 0 atom stereocenters. The van der Waals surface area contributed by atoms with E-state index < -0.39 is 0 Å². The van der Waals surface area contributed by atoms with E-state index in [1.54, 1.807) is 4.90 Å². The summed E-state index contributed by atoms with van der Waals surface area (Å²) in [6.45, 7) is 5.58. The van der Waals surface area contributed by atoms with Gasteiger partial charge in [0.15, 0.2) is 0 Å². The molecule has 0 amide bonds. The van der Waals surface area contributed by atoms with Gasteiger partial charge >= 0.3 is 0 Å². The molecule has 0 bridgehead atoms. The zero-order chi connectivity index (χ0) is 14.7. The van der Waals surface area contributed by atoms with Crippen LogP contribution in [0.2, 0.25) is 5.02 Å². The van der Waals surface area contributed by atoms with Gasteiger partial charge in [-0.25, -0.2) is 0 Å². The van der Waals surface area contributed by atoms with Crippen molar-refractivity contribution in [1.29, 1.82) is 0 Å². The van der Waals surface area contributed by atoms with Crippen molar-refractivity contribution >= 4 is 33.2 Å². The van der Waals surface area contributed by atoms with Crippen molar-refractivity contribution in [2.24, 2.45) is 0 Å². The van der Waals surface area contributed by atoms with Crippen LogP contribution in [0.25, 0.3) is 0 Å². The predicted octanol–water partition coefficient (Wildman–Crippen LogP) is 3.01. The number of nitrogens with one attached hydrogen (secondary N) is 1. The lowest BCUT2D eigenvalue weighted by atomic mass is 10.2. The molecule has 1 saturated heterocycles. The van der Waals surface area contributed by atoms with Crippen LogP contribution < -0.4 is 9.80 Å². The Bertz CT molecular complexity index is 609. The number of halogens is 2. The second-order valence-corrected chi connectivity index (χ2v) is 6.78. The summed E-state index contributed by atoms with van der Waals surface area (Å²) in [5.41, 5.74) is 2.63. The van der Waals surface area contributed by atoms with Crippen LogP contribution in [-0.2, 0) is 6.54 Å². The number of rotatable bonds is 3. The molecule has 4 heteroatoms. The largest absolute Gasteiger partial charge is 0.360 e. The topological polar surface area (TPSA) is 7.68 Å². The lowest BCUT2D eigenvalue weighted by molar-refractivity contribution is -0.914. The van der Waals surface area contributed by atoms with E-state index in [-0.39, 0.29) is 0 Å². The number of hydrogen-bond acceptors (Lipinski definition) is 1. The summed E-state index contributed by atoms with van der Waals surface area (Å²) in [6.07, 6.45) is 0. The quantitative estimate of drug-likeness (QED) is 0.877. The highest BCUT2D eigenvalue weighted by Gasteiger charge is 2.20. The minimum Gasteiger partial charge on any atom is -0.360 e. The Balaban J connectivity index is 1.59. The number of benzene rings is 2. The van der Waals surface area contributed by atoms with Crippen molar-refractivity contribution in [2.75, 3.05) is 31.1 Å². The molecule has 2 aromatic rings. The van der Waals surface area contributed by atoms with Crippen LogP contribution in [0.3, 0.4) is 0 Å². The van der Waals surface area contributed by atoms with Gasteiger partial charge < -0.3 is 9.80 Å². The minimum atomic E-state index is 0.815. The van der Waals surface area contributed by atoms with Crippen LogP contribution in [0, 0.1) is 0 Å². The number of anilines is 1. The molecular formula is C17H19BrClN2+. The molecular weight excluding hydrogens is 348 g/mol. The van der Waals surface area contributed by atoms with Gasteiger partial charge in [0.2, 0.25) is 0 Å². The molecule has 110 valence electrons. The van der Waals surface area contributed by atoms with Gasteiger partial charge in [-0.15, -0.1) is 0 Å². The third-order valence-corrected chi connectivity index (χ3v) is 5.05. The highest BCUT2D eigenvalue weighted by molar-refractivity contribution is 9.10. The third kappa shape index (κ3) is 3.79. The van der Waals surface area contributed by atoms with E-state index in [0.29, 0.717) is 0 Å². The molecule has 0 unspecified atom stereocenters. The number of nitrogens with zero attached hydrogens (tertiary/aromatic N) is 1. The predicted molar refractivity (Wildman–Crippen MR) is 92.2 cm³/mol. The molecule has 0 spiro atoms. The Morgan fingerprint density at radius 1 is 1.05 bits per heavy atom. The minimum absolute atomic E-state index is 0.815. The van der Waals surface area contributed by atoms with Crippen LogP contribution in [-0.4, -0.2) is 26.2 Å². The highest BCUT2D eigenvalue weighted by atomic mass is 79.9. The van der Waals surface area contributed by atoms with Crippen molar-refractivity contribution in [3.05, 3.63) is 63.6 Å². The molecule has 2 nitrogen and oxygen atoms in total. The van der Waals surface area contributed by atoms with E-state index in [2.05, 4.69) is 57.2 Å². The SMILES string of the molecule is Clc1cccc(N2CC[NH+](Cc3ccccc3Br)CC2)c1. The molecule has 0 aromatic heterocycles. The smallest absolute Gasteiger partial charge is 0.104 e. The number of hydrogen-bond donors (Lipinski definition) is 1. The fraction of sp³-hybridized carbons (Fsp3) is 0.294. The van der Waals surface area contributed by atoms with E-state index in [4.69, 9.17) is 11.6 Å². The summed E-state index contributed by atoms with van der Waals surface area (Å²) in [7, 11) is 0. The fourth-order valence-electron chi connectivity index (χ4n) is 2.84. The van der Waals surface area contributed by atoms with Gasteiger partial charge in [0.25, 0.3) is 0 Å². The van der Waals surface area contributed by atoms with E-state index in [0.717, 1.165) is 37.7 Å². The molecule has 1 heterocycles. The van der Waals surface area contributed by atoms with Gasteiger partial charge in [-0.3, -0.25) is 0 Å². The maximum absolute atomic E-state index is 6.08. The molecule has 1 fully saturated rings. The Kier molecular flexibility index (Phi) is 4.84. The summed E-state index contributed by atoms with van der Waals surface area (Å²) < 4.78 is 1.22. The monoisotopic (exact) mass is 365 g/mol. The second-order valence-electron chi connectivity index (χ2n) is 5.49. The molecule has 0 saturated carbocycles. The second kappa shape index (κ2) is 6.82. The normalized spacial score (nSPS) is 16.2. The molecule has 21 heavy (non-hydrogen) atoms. The van der Waals surface area contributed by atoms with Crippen molar-refractivity contribution in [3.8, 4) is 0 Å². The van der Waals surface area contributed by atoms with Crippen molar-refractivity contribution in [2.45, 2.75) is 6.54 Å². The maximum Gasteiger partial charge on any atom is 0.104 e. The van der Waals surface area contributed by atoms with Crippen LogP contribution in [0.4, 0.5) is 5.69 Å². The average Bonchev–Trinajstić information content (AvgIpc) is 2.50. The Labute approximate surface area is 139 Å². The van der Waals surface area contributed by atoms with E-state index in [9.17, 15) is 0 Å². The summed E-state index contributed by atoms with van der Waals surface area (Å²) in [5, 5.41) is 0.815. The van der Waals surface area contributed by atoms with Crippen LogP contribution in [0.1, 0.15) is 5.56 Å². The molecule has 0 radical (unpaired) electrons. The maximum atomic E-state index is 6.08. The average molecular weight is 367 g/mol. The van der Waals surface area contributed by atoms with E-state index in [1.807, 2.05) is 12.1 Å². The van der Waals surface area contributed by atoms with Crippen molar-refractivity contribution in [1.82, 2.24) is 0 Å². The van der Waals surface area contributed by atoms with E-state index >= 15 is 0 Å². The number of quaternary nitrogens is 1. The summed E-state index contributed by atoms with van der Waals surface area (Å²) in [5.74, 6) is 0. The van der Waals surface area contributed by atoms with Gasteiger partial charge in [0.05, 0.1) is 26.2 Å². The zero-order valence-corrected chi connectivity index (χ0v) is 14.2. The van der Waals surface area contributed by atoms with Crippen molar-refractivity contribution < 1.29 is 4.90 Å². The third-order valence-electron chi connectivity index (χ3n) is 4.04. The van der Waals surface area contributed by atoms with Gasteiger partial charge in [-0.2, -0.15) is 0 Å². The number of piperazine rings is 1. The van der Waals surface area contributed by atoms with Crippen LogP contribution in [0.5, 0.6) is 0 Å².